The summed E-state index contributed by atoms with van der Waals surface area (Å²) in [5.74, 6) is 0.654. The van der Waals surface area contributed by atoms with Gasteiger partial charge in [-0.3, -0.25) is 0 Å². The first-order valence-electron chi connectivity index (χ1n) is 7.02. The van der Waals surface area contributed by atoms with E-state index in [2.05, 4.69) is 15.9 Å². The standard InChI is InChI=1S/C17H13BrN2O4/c1-8-5-13-15(17(21)23-8)14(10(7-19)16(20)24-13)9-3-4-12(22-2)11(18)6-9/h3-6,14H,20H2,1-2H3. The Morgan fingerprint density at radius 2 is 2.12 bits per heavy atom. The Morgan fingerprint density at radius 1 is 1.38 bits per heavy atom. The maximum atomic E-state index is 12.4. The van der Waals surface area contributed by atoms with Crippen LogP contribution < -0.4 is 20.8 Å². The van der Waals surface area contributed by atoms with Gasteiger partial charge in [-0.1, -0.05) is 6.07 Å². The number of methoxy groups -OCH3 is 1. The van der Waals surface area contributed by atoms with Crippen LogP contribution in [0.15, 0.2) is 49.4 Å². The lowest BCUT2D eigenvalue weighted by atomic mass is 9.84. The van der Waals surface area contributed by atoms with Crippen molar-refractivity contribution in [2.24, 2.45) is 5.73 Å². The van der Waals surface area contributed by atoms with Gasteiger partial charge in [0.05, 0.1) is 23.1 Å². The van der Waals surface area contributed by atoms with Crippen LogP contribution in [0.2, 0.25) is 0 Å². The highest BCUT2D eigenvalue weighted by molar-refractivity contribution is 9.10. The van der Waals surface area contributed by atoms with Gasteiger partial charge < -0.3 is 19.6 Å². The first-order chi connectivity index (χ1) is 11.5. The maximum Gasteiger partial charge on any atom is 0.343 e. The number of nitrogens with two attached hydrogens (primary N) is 1. The van der Waals surface area contributed by atoms with E-state index < -0.39 is 11.5 Å². The second-order valence-corrected chi connectivity index (χ2v) is 6.10. The molecule has 122 valence electrons. The minimum atomic E-state index is -0.669. The monoisotopic (exact) mass is 388 g/mol. The molecule has 0 radical (unpaired) electrons. The van der Waals surface area contributed by atoms with Gasteiger partial charge in [-0.15, -0.1) is 0 Å². The SMILES string of the molecule is COc1ccc(C2C(C#N)=C(N)Oc3cc(C)oc(=O)c32)cc1Br. The van der Waals surface area contributed by atoms with Crippen LogP contribution in [0.25, 0.3) is 0 Å². The van der Waals surface area contributed by atoms with Gasteiger partial charge in [0.1, 0.15) is 28.9 Å². The van der Waals surface area contributed by atoms with Crippen LogP contribution in [0.1, 0.15) is 22.8 Å². The molecule has 1 aromatic heterocycles. The smallest absolute Gasteiger partial charge is 0.343 e. The van der Waals surface area contributed by atoms with Crippen LogP contribution in [0.5, 0.6) is 11.5 Å². The molecule has 0 fully saturated rings. The quantitative estimate of drug-likeness (QED) is 0.848. The third-order valence-electron chi connectivity index (χ3n) is 3.77. The first kappa shape index (κ1) is 16.1. The highest BCUT2D eigenvalue weighted by atomic mass is 79.9. The zero-order valence-corrected chi connectivity index (χ0v) is 14.5. The van der Waals surface area contributed by atoms with E-state index in [0.717, 1.165) is 0 Å². The minimum Gasteiger partial charge on any atom is -0.496 e. The number of fused-ring (bicyclic) bond motifs is 1. The highest BCUT2D eigenvalue weighted by Gasteiger charge is 2.34. The Labute approximate surface area is 146 Å². The number of hydrogen-bond donors (Lipinski definition) is 1. The van der Waals surface area contributed by atoms with Gasteiger partial charge in [0, 0.05) is 6.07 Å². The summed E-state index contributed by atoms with van der Waals surface area (Å²) in [6.07, 6.45) is 0. The summed E-state index contributed by atoms with van der Waals surface area (Å²) in [5.41, 5.74) is 6.45. The number of allylic oxidation sites excluding steroid dienone is 1. The van der Waals surface area contributed by atoms with E-state index in [0.29, 0.717) is 27.3 Å². The summed E-state index contributed by atoms with van der Waals surface area (Å²) in [6.45, 7) is 1.64. The van der Waals surface area contributed by atoms with Crippen LogP contribution in [0.3, 0.4) is 0 Å². The second-order valence-electron chi connectivity index (χ2n) is 5.24. The molecule has 2 heterocycles. The molecule has 0 amide bonds. The number of benzene rings is 1. The Hall–Kier alpha value is -2.72. The van der Waals surface area contributed by atoms with Crippen molar-refractivity contribution < 1.29 is 13.9 Å². The molecule has 2 aromatic rings. The lowest BCUT2D eigenvalue weighted by Gasteiger charge is -2.25. The number of halogens is 1. The molecule has 24 heavy (non-hydrogen) atoms. The topological polar surface area (TPSA) is 98.5 Å². The van der Waals surface area contributed by atoms with Crippen molar-refractivity contribution in [3.8, 4) is 17.6 Å². The molecule has 3 rings (SSSR count). The zero-order valence-electron chi connectivity index (χ0n) is 12.9. The van der Waals surface area contributed by atoms with Crippen molar-refractivity contribution in [1.82, 2.24) is 0 Å². The number of nitriles is 1. The van der Waals surface area contributed by atoms with E-state index in [9.17, 15) is 10.1 Å². The fourth-order valence-corrected chi connectivity index (χ4v) is 3.27. The van der Waals surface area contributed by atoms with Crippen molar-refractivity contribution in [2.75, 3.05) is 7.11 Å². The average Bonchev–Trinajstić information content (AvgIpc) is 2.53. The predicted octanol–water partition coefficient (Wildman–Crippen LogP) is 2.94. The van der Waals surface area contributed by atoms with Crippen molar-refractivity contribution in [2.45, 2.75) is 12.8 Å². The number of hydrogen-bond acceptors (Lipinski definition) is 6. The molecule has 0 aliphatic carbocycles. The summed E-state index contributed by atoms with van der Waals surface area (Å²) in [7, 11) is 1.56. The Bertz CT molecular complexity index is 956. The van der Waals surface area contributed by atoms with Gasteiger partial charge in [-0.25, -0.2) is 4.79 Å². The molecule has 2 N–H and O–H groups in total. The fourth-order valence-electron chi connectivity index (χ4n) is 2.71. The van der Waals surface area contributed by atoms with Gasteiger partial charge in [-0.2, -0.15) is 5.26 Å². The first-order valence-corrected chi connectivity index (χ1v) is 7.81. The van der Waals surface area contributed by atoms with Crippen LogP contribution in [-0.4, -0.2) is 7.11 Å². The Balaban J connectivity index is 2.28. The number of nitrogens with zero attached hydrogens (tertiary/aromatic N) is 1. The van der Waals surface area contributed by atoms with E-state index >= 15 is 0 Å². The largest absolute Gasteiger partial charge is 0.496 e. The molecular formula is C17H13BrN2O4. The van der Waals surface area contributed by atoms with Gasteiger partial charge in [-0.05, 0) is 40.5 Å². The molecule has 1 atom stereocenters. The molecule has 0 saturated heterocycles. The van der Waals surface area contributed by atoms with Crippen molar-refractivity contribution in [3.63, 3.8) is 0 Å². The van der Waals surface area contributed by atoms with E-state index in [1.807, 2.05) is 6.07 Å². The van der Waals surface area contributed by atoms with Crippen molar-refractivity contribution in [1.29, 1.82) is 5.26 Å². The molecule has 0 saturated carbocycles. The molecular weight excluding hydrogens is 376 g/mol. The second kappa shape index (κ2) is 6.06. The van der Waals surface area contributed by atoms with E-state index in [-0.39, 0.29) is 17.0 Å². The Morgan fingerprint density at radius 3 is 2.75 bits per heavy atom. The van der Waals surface area contributed by atoms with Crippen LogP contribution in [-0.2, 0) is 0 Å². The van der Waals surface area contributed by atoms with Gasteiger partial charge in [0.2, 0.25) is 5.88 Å². The lowest BCUT2D eigenvalue weighted by Crippen LogP contribution is -2.26. The summed E-state index contributed by atoms with van der Waals surface area (Å²) >= 11 is 3.41. The molecule has 1 aromatic carbocycles. The highest BCUT2D eigenvalue weighted by Crippen LogP contribution is 2.42. The summed E-state index contributed by atoms with van der Waals surface area (Å²) in [5, 5.41) is 9.50. The lowest BCUT2D eigenvalue weighted by molar-refractivity contribution is 0.371. The normalized spacial score (nSPS) is 16.2. The van der Waals surface area contributed by atoms with E-state index in [4.69, 9.17) is 19.6 Å². The predicted molar refractivity (Wildman–Crippen MR) is 89.7 cm³/mol. The number of ether oxygens (including phenoxy) is 2. The van der Waals surface area contributed by atoms with E-state index in [1.54, 1.807) is 38.3 Å². The van der Waals surface area contributed by atoms with E-state index in [1.165, 1.54) is 0 Å². The molecule has 1 aliphatic rings. The van der Waals surface area contributed by atoms with Gasteiger partial charge >= 0.3 is 5.63 Å². The van der Waals surface area contributed by atoms with Gasteiger partial charge in [0.15, 0.2) is 0 Å². The zero-order chi connectivity index (χ0) is 17.4. The molecule has 7 heteroatoms. The van der Waals surface area contributed by atoms with Crippen molar-refractivity contribution >= 4 is 15.9 Å². The molecule has 0 bridgehead atoms. The van der Waals surface area contributed by atoms with Crippen LogP contribution >= 0.6 is 15.9 Å². The molecule has 6 nitrogen and oxygen atoms in total. The molecule has 1 aliphatic heterocycles. The third-order valence-corrected chi connectivity index (χ3v) is 4.39. The number of aryl methyl sites for hydroxylation is 1. The summed E-state index contributed by atoms with van der Waals surface area (Å²) in [4.78, 5) is 12.4. The molecule has 1 unspecified atom stereocenters. The summed E-state index contributed by atoms with van der Waals surface area (Å²) < 4.78 is 16.6. The third kappa shape index (κ3) is 2.55. The summed E-state index contributed by atoms with van der Waals surface area (Å²) in [6, 6.07) is 8.92. The fraction of sp³-hybridized carbons (Fsp3) is 0.176. The van der Waals surface area contributed by atoms with Crippen LogP contribution in [0.4, 0.5) is 0 Å². The number of rotatable bonds is 2. The van der Waals surface area contributed by atoms with Crippen molar-refractivity contribution in [3.05, 3.63) is 67.5 Å². The Kier molecular flexibility index (Phi) is 4.08. The maximum absolute atomic E-state index is 12.4. The van der Waals surface area contributed by atoms with Gasteiger partial charge in [0.25, 0.3) is 0 Å². The van der Waals surface area contributed by atoms with Crippen LogP contribution in [0, 0.1) is 18.3 Å². The minimum absolute atomic E-state index is 0.0214. The molecule has 0 spiro atoms. The average molecular weight is 389 g/mol.